The highest BCUT2D eigenvalue weighted by Gasteiger charge is 2.26. The maximum absolute atomic E-state index is 5.51. The highest BCUT2D eigenvalue weighted by Crippen LogP contribution is 2.31. The monoisotopic (exact) mass is 344 g/mol. The van der Waals surface area contributed by atoms with Gasteiger partial charge >= 0.3 is 0 Å². The average Bonchev–Trinajstić information content (AvgIpc) is 3.11. The first-order chi connectivity index (χ1) is 12.2. The molecule has 2 fully saturated rings. The van der Waals surface area contributed by atoms with Crippen molar-refractivity contribution in [1.82, 2.24) is 10.2 Å². The Labute approximate surface area is 152 Å². The Hall–Kier alpha value is -1.91. The molecule has 0 radical (unpaired) electrons. The molecule has 1 N–H and O–H groups in total. The fourth-order valence-electron chi connectivity index (χ4n) is 4.06. The molecule has 0 saturated carbocycles. The topological polar surface area (TPSA) is 40.1 Å². The van der Waals surface area contributed by atoms with Gasteiger partial charge in [0.25, 0.3) is 0 Å². The number of nitrogens with one attached hydrogen (secondary N) is 1. The van der Waals surface area contributed by atoms with Gasteiger partial charge in [0.15, 0.2) is 5.96 Å². The van der Waals surface area contributed by atoms with E-state index in [9.17, 15) is 0 Å². The predicted octanol–water partition coefficient (Wildman–Crippen LogP) is 2.83. The van der Waals surface area contributed by atoms with Crippen LogP contribution in [0.4, 0.5) is 5.69 Å². The third kappa shape index (κ3) is 4.39. The van der Waals surface area contributed by atoms with Crippen molar-refractivity contribution in [2.45, 2.75) is 26.2 Å². The van der Waals surface area contributed by atoms with Gasteiger partial charge in [-0.05, 0) is 43.2 Å². The first-order valence-corrected chi connectivity index (χ1v) is 9.54. The molecule has 2 aliphatic heterocycles. The summed E-state index contributed by atoms with van der Waals surface area (Å²) in [6.45, 7) is 7.73. The zero-order chi connectivity index (χ0) is 17.6. The molecule has 1 aromatic carbocycles. The number of ether oxygens (including phenoxy) is 1. The van der Waals surface area contributed by atoms with E-state index >= 15 is 0 Å². The summed E-state index contributed by atoms with van der Waals surface area (Å²) in [5.41, 5.74) is 1.21. The van der Waals surface area contributed by atoms with Crippen molar-refractivity contribution < 1.29 is 4.74 Å². The Morgan fingerprint density at radius 2 is 2.08 bits per heavy atom. The summed E-state index contributed by atoms with van der Waals surface area (Å²) in [5.74, 6) is 3.44. The van der Waals surface area contributed by atoms with Crippen LogP contribution in [0.1, 0.15) is 26.2 Å². The van der Waals surface area contributed by atoms with Crippen molar-refractivity contribution in [1.29, 1.82) is 0 Å². The zero-order valence-electron chi connectivity index (χ0n) is 15.9. The Kier molecular flexibility index (Phi) is 6.05. The summed E-state index contributed by atoms with van der Waals surface area (Å²) in [6.07, 6.45) is 3.81. The zero-order valence-corrected chi connectivity index (χ0v) is 15.9. The van der Waals surface area contributed by atoms with E-state index in [-0.39, 0.29) is 0 Å². The predicted molar refractivity (Wildman–Crippen MR) is 105 cm³/mol. The van der Waals surface area contributed by atoms with Crippen molar-refractivity contribution in [2.24, 2.45) is 16.8 Å². The fourth-order valence-corrected chi connectivity index (χ4v) is 4.06. The van der Waals surface area contributed by atoms with Crippen LogP contribution in [0.5, 0.6) is 5.75 Å². The summed E-state index contributed by atoms with van der Waals surface area (Å²) < 4.78 is 5.51. The molecule has 25 heavy (non-hydrogen) atoms. The molecule has 0 aliphatic carbocycles. The summed E-state index contributed by atoms with van der Waals surface area (Å²) >= 11 is 0. The number of methoxy groups -OCH3 is 1. The van der Waals surface area contributed by atoms with Crippen molar-refractivity contribution in [2.75, 3.05) is 51.8 Å². The number of piperidine rings is 1. The molecular formula is C20H32N4O. The van der Waals surface area contributed by atoms with Crippen LogP contribution in [-0.4, -0.2) is 57.7 Å². The number of rotatable bonds is 4. The van der Waals surface area contributed by atoms with Crippen molar-refractivity contribution in [3.05, 3.63) is 24.3 Å². The summed E-state index contributed by atoms with van der Waals surface area (Å²) in [6, 6.07) is 8.31. The number of nitrogens with zero attached hydrogens (tertiary/aromatic N) is 3. The number of likely N-dealkylation sites (tertiary alicyclic amines) is 1. The lowest BCUT2D eigenvalue weighted by Gasteiger charge is -2.34. The van der Waals surface area contributed by atoms with Crippen molar-refractivity contribution in [3.8, 4) is 5.75 Å². The maximum atomic E-state index is 5.51. The largest absolute Gasteiger partial charge is 0.495 e. The number of anilines is 1. The van der Waals surface area contributed by atoms with Crippen molar-refractivity contribution in [3.63, 3.8) is 0 Å². The Bertz CT molecular complexity index is 589. The van der Waals surface area contributed by atoms with Crippen LogP contribution in [0.3, 0.4) is 0 Å². The lowest BCUT2D eigenvalue weighted by atomic mass is 10.0. The van der Waals surface area contributed by atoms with E-state index in [2.05, 4.69) is 39.2 Å². The van der Waals surface area contributed by atoms with Gasteiger partial charge in [-0.2, -0.15) is 0 Å². The Morgan fingerprint density at radius 1 is 1.24 bits per heavy atom. The minimum atomic E-state index is 0.642. The highest BCUT2D eigenvalue weighted by molar-refractivity contribution is 5.80. The number of benzene rings is 1. The highest BCUT2D eigenvalue weighted by atomic mass is 16.5. The van der Waals surface area contributed by atoms with Gasteiger partial charge in [0, 0.05) is 39.8 Å². The fraction of sp³-hybridized carbons (Fsp3) is 0.650. The molecular weight excluding hydrogens is 312 g/mol. The van der Waals surface area contributed by atoms with Gasteiger partial charge in [0.1, 0.15) is 5.75 Å². The molecule has 2 unspecified atom stereocenters. The van der Waals surface area contributed by atoms with Gasteiger partial charge in [-0.15, -0.1) is 0 Å². The van der Waals surface area contributed by atoms with Gasteiger partial charge < -0.3 is 19.9 Å². The molecule has 0 amide bonds. The van der Waals surface area contributed by atoms with E-state index < -0.39 is 0 Å². The van der Waals surface area contributed by atoms with Gasteiger partial charge in [-0.1, -0.05) is 19.1 Å². The summed E-state index contributed by atoms with van der Waals surface area (Å²) in [4.78, 5) is 9.37. The van der Waals surface area contributed by atoms with E-state index in [1.807, 2.05) is 19.2 Å². The van der Waals surface area contributed by atoms with Crippen LogP contribution in [0, 0.1) is 11.8 Å². The molecule has 0 spiro atoms. The SMILES string of the molecule is CN=C(NCC1CCN(c2ccccc2OC)C1)N1CCCC(C)C1. The molecule has 5 heteroatoms. The second-order valence-electron chi connectivity index (χ2n) is 7.39. The lowest BCUT2D eigenvalue weighted by molar-refractivity contribution is 0.265. The van der Waals surface area contributed by atoms with E-state index in [1.54, 1.807) is 7.11 Å². The number of aliphatic imine (C=N–C) groups is 1. The third-order valence-corrected chi connectivity index (χ3v) is 5.43. The van der Waals surface area contributed by atoms with Crippen molar-refractivity contribution >= 4 is 11.6 Å². The van der Waals surface area contributed by atoms with Gasteiger partial charge in [0.2, 0.25) is 0 Å². The van der Waals surface area contributed by atoms with E-state index in [0.717, 1.165) is 50.4 Å². The normalized spacial score (nSPS) is 24.5. The van der Waals surface area contributed by atoms with Gasteiger partial charge in [0.05, 0.1) is 12.8 Å². The first kappa shape index (κ1) is 17.9. The summed E-state index contributed by atoms with van der Waals surface area (Å²) in [7, 11) is 3.65. The summed E-state index contributed by atoms with van der Waals surface area (Å²) in [5, 5.41) is 3.62. The molecule has 2 saturated heterocycles. The van der Waals surface area contributed by atoms with Gasteiger partial charge in [-0.3, -0.25) is 4.99 Å². The standard InChI is InChI=1S/C20H32N4O/c1-16-7-6-11-24(14-16)20(21-2)22-13-17-10-12-23(15-17)18-8-4-5-9-19(18)25-3/h4-5,8-9,16-17H,6-7,10-15H2,1-3H3,(H,21,22). The first-order valence-electron chi connectivity index (χ1n) is 9.54. The van der Waals surface area contributed by atoms with E-state index in [4.69, 9.17) is 4.74 Å². The molecule has 3 rings (SSSR count). The smallest absolute Gasteiger partial charge is 0.193 e. The van der Waals surface area contributed by atoms with Crippen LogP contribution in [0.15, 0.2) is 29.3 Å². The molecule has 2 heterocycles. The maximum Gasteiger partial charge on any atom is 0.193 e. The van der Waals surface area contributed by atoms with Crippen LogP contribution < -0.4 is 15.0 Å². The van der Waals surface area contributed by atoms with Crippen LogP contribution in [0.25, 0.3) is 0 Å². The molecule has 138 valence electrons. The van der Waals surface area contributed by atoms with E-state index in [1.165, 1.54) is 24.9 Å². The van der Waals surface area contributed by atoms with Crippen LogP contribution in [0.2, 0.25) is 0 Å². The minimum Gasteiger partial charge on any atom is -0.495 e. The number of guanidine groups is 1. The number of hydrogen-bond donors (Lipinski definition) is 1. The lowest BCUT2D eigenvalue weighted by Crippen LogP contribution is -2.47. The minimum absolute atomic E-state index is 0.642. The molecule has 1 aromatic rings. The quantitative estimate of drug-likeness (QED) is 0.673. The number of para-hydroxylation sites is 2. The Morgan fingerprint density at radius 3 is 2.84 bits per heavy atom. The molecule has 2 atom stereocenters. The molecule has 0 bridgehead atoms. The van der Waals surface area contributed by atoms with Crippen LogP contribution in [-0.2, 0) is 0 Å². The molecule has 5 nitrogen and oxygen atoms in total. The third-order valence-electron chi connectivity index (χ3n) is 5.43. The average molecular weight is 345 g/mol. The second kappa shape index (κ2) is 8.45. The molecule has 2 aliphatic rings. The van der Waals surface area contributed by atoms with Crippen LogP contribution >= 0.6 is 0 Å². The molecule has 0 aromatic heterocycles. The number of hydrogen-bond acceptors (Lipinski definition) is 3. The van der Waals surface area contributed by atoms with E-state index in [0.29, 0.717) is 5.92 Å². The van der Waals surface area contributed by atoms with Gasteiger partial charge in [-0.25, -0.2) is 0 Å². The Balaban J connectivity index is 1.53. The second-order valence-corrected chi connectivity index (χ2v) is 7.39.